The number of nitrogens with one attached hydrogen (secondary N) is 2. The molecule has 2 rings (SSSR count). The molecule has 0 aromatic heterocycles. The Morgan fingerprint density at radius 2 is 2.20 bits per heavy atom. The van der Waals surface area contributed by atoms with Crippen molar-refractivity contribution in [1.29, 1.82) is 0 Å². The van der Waals surface area contributed by atoms with E-state index >= 15 is 0 Å². The van der Waals surface area contributed by atoms with Crippen LogP contribution in [0.15, 0.2) is 0 Å². The van der Waals surface area contributed by atoms with E-state index < -0.39 is 0 Å². The third-order valence-electron chi connectivity index (χ3n) is 2.31. The first-order valence-corrected chi connectivity index (χ1v) is 3.98. The van der Waals surface area contributed by atoms with Crippen molar-refractivity contribution in [1.82, 2.24) is 10.6 Å². The van der Waals surface area contributed by atoms with Crippen molar-refractivity contribution < 1.29 is 4.74 Å². The Morgan fingerprint density at radius 3 is 3.20 bits per heavy atom. The largest absolute Gasteiger partial charge is 0.379 e. The normalized spacial score (nSPS) is 40.8. The summed E-state index contributed by atoms with van der Waals surface area (Å²) < 4.78 is 5.34. The molecule has 0 aromatic rings. The molecule has 2 fully saturated rings. The molecule has 58 valence electrons. The van der Waals surface area contributed by atoms with E-state index in [0.29, 0.717) is 12.0 Å². The second-order valence-electron chi connectivity index (χ2n) is 3.06. The number of hydrogen-bond acceptors (Lipinski definition) is 3. The highest BCUT2D eigenvalue weighted by molar-refractivity contribution is 4.85. The van der Waals surface area contributed by atoms with Gasteiger partial charge in [-0.3, -0.25) is 0 Å². The molecule has 0 saturated carbocycles. The maximum absolute atomic E-state index is 5.34. The quantitative estimate of drug-likeness (QED) is 0.464. The first-order chi connectivity index (χ1) is 4.97. The van der Waals surface area contributed by atoms with Crippen LogP contribution in [0.1, 0.15) is 0 Å². The van der Waals surface area contributed by atoms with E-state index in [4.69, 9.17) is 4.74 Å². The molecule has 2 atom stereocenters. The van der Waals surface area contributed by atoms with Crippen molar-refractivity contribution in [3.05, 3.63) is 0 Å². The average molecular weight is 142 g/mol. The zero-order chi connectivity index (χ0) is 6.81. The number of hydrogen-bond donors (Lipinski definition) is 2. The molecule has 0 spiro atoms. The van der Waals surface area contributed by atoms with Gasteiger partial charge >= 0.3 is 0 Å². The van der Waals surface area contributed by atoms with Gasteiger partial charge in [-0.1, -0.05) is 0 Å². The highest BCUT2D eigenvalue weighted by Gasteiger charge is 2.28. The number of rotatable bonds is 0. The Kier molecular flexibility index (Phi) is 1.88. The van der Waals surface area contributed by atoms with Crippen molar-refractivity contribution in [2.75, 3.05) is 32.8 Å². The summed E-state index contributed by atoms with van der Waals surface area (Å²) in [6.45, 7) is 5.16. The Labute approximate surface area is 61.1 Å². The minimum atomic E-state index is 0.620. The fraction of sp³-hybridized carbons (Fsp3) is 1.00. The van der Waals surface area contributed by atoms with Crippen molar-refractivity contribution in [3.8, 4) is 0 Å². The molecule has 2 unspecified atom stereocenters. The standard InChI is InChI=1S/C7H14N2O/c1-2-9-7-5-10-4-6(7)3-8-1/h6-9H,1-5H2. The lowest BCUT2D eigenvalue weighted by Gasteiger charge is -2.12. The van der Waals surface area contributed by atoms with E-state index in [1.165, 1.54) is 0 Å². The van der Waals surface area contributed by atoms with Crippen LogP contribution in [0, 0.1) is 5.92 Å². The van der Waals surface area contributed by atoms with Crippen LogP contribution >= 0.6 is 0 Å². The van der Waals surface area contributed by atoms with Gasteiger partial charge in [0.25, 0.3) is 0 Å². The van der Waals surface area contributed by atoms with Crippen LogP contribution in [0.3, 0.4) is 0 Å². The molecule has 2 aliphatic rings. The number of ether oxygens (including phenoxy) is 1. The van der Waals surface area contributed by atoms with Crippen LogP contribution in [-0.2, 0) is 4.74 Å². The van der Waals surface area contributed by atoms with Crippen LogP contribution in [0.4, 0.5) is 0 Å². The molecular weight excluding hydrogens is 128 g/mol. The Bertz CT molecular complexity index is 106. The monoisotopic (exact) mass is 142 g/mol. The Hall–Kier alpha value is -0.120. The van der Waals surface area contributed by atoms with Gasteiger partial charge < -0.3 is 15.4 Å². The summed E-state index contributed by atoms with van der Waals surface area (Å²) in [5.41, 5.74) is 0. The van der Waals surface area contributed by atoms with Gasteiger partial charge in [-0.05, 0) is 0 Å². The fourth-order valence-corrected chi connectivity index (χ4v) is 1.66. The van der Waals surface area contributed by atoms with E-state index in [0.717, 1.165) is 32.8 Å². The van der Waals surface area contributed by atoms with Gasteiger partial charge in [0.1, 0.15) is 0 Å². The smallest absolute Gasteiger partial charge is 0.0623 e. The Balaban J connectivity index is 1.95. The van der Waals surface area contributed by atoms with Gasteiger partial charge in [0.05, 0.1) is 13.2 Å². The lowest BCUT2D eigenvalue weighted by molar-refractivity contribution is 0.181. The summed E-state index contributed by atoms with van der Waals surface area (Å²) in [5.74, 6) is 0.711. The van der Waals surface area contributed by atoms with Gasteiger partial charge in [-0.2, -0.15) is 0 Å². The van der Waals surface area contributed by atoms with Crippen molar-refractivity contribution >= 4 is 0 Å². The van der Waals surface area contributed by atoms with Gasteiger partial charge in [0, 0.05) is 31.6 Å². The lowest BCUT2D eigenvalue weighted by atomic mass is 10.1. The first-order valence-electron chi connectivity index (χ1n) is 3.98. The predicted octanol–water partition coefficient (Wildman–Crippen LogP) is -0.806. The van der Waals surface area contributed by atoms with Gasteiger partial charge in [-0.25, -0.2) is 0 Å². The molecule has 3 heteroatoms. The molecule has 10 heavy (non-hydrogen) atoms. The second kappa shape index (κ2) is 2.86. The highest BCUT2D eigenvalue weighted by Crippen LogP contribution is 2.13. The SMILES string of the molecule is C1CNC2COCC2CN1. The molecule has 2 heterocycles. The fourth-order valence-electron chi connectivity index (χ4n) is 1.66. The van der Waals surface area contributed by atoms with Crippen molar-refractivity contribution in [2.24, 2.45) is 5.92 Å². The van der Waals surface area contributed by atoms with Crippen molar-refractivity contribution in [3.63, 3.8) is 0 Å². The highest BCUT2D eigenvalue weighted by atomic mass is 16.5. The summed E-state index contributed by atoms with van der Waals surface area (Å²) in [6, 6.07) is 0.620. The maximum Gasteiger partial charge on any atom is 0.0623 e. The topological polar surface area (TPSA) is 33.3 Å². The van der Waals surface area contributed by atoms with Gasteiger partial charge in [-0.15, -0.1) is 0 Å². The second-order valence-corrected chi connectivity index (χ2v) is 3.06. The summed E-state index contributed by atoms with van der Waals surface area (Å²) in [6.07, 6.45) is 0. The molecule has 2 N–H and O–H groups in total. The molecule has 2 aliphatic heterocycles. The molecule has 2 saturated heterocycles. The van der Waals surface area contributed by atoms with Crippen LogP contribution < -0.4 is 10.6 Å². The zero-order valence-electron chi connectivity index (χ0n) is 6.10. The molecule has 3 nitrogen and oxygen atoms in total. The molecule has 0 radical (unpaired) electrons. The van der Waals surface area contributed by atoms with E-state index in [1.54, 1.807) is 0 Å². The van der Waals surface area contributed by atoms with Crippen LogP contribution in [0.2, 0.25) is 0 Å². The van der Waals surface area contributed by atoms with E-state index in [2.05, 4.69) is 10.6 Å². The average Bonchev–Trinajstić information content (AvgIpc) is 2.28. The van der Waals surface area contributed by atoms with E-state index in [1.807, 2.05) is 0 Å². The third kappa shape index (κ3) is 1.17. The van der Waals surface area contributed by atoms with Crippen LogP contribution in [-0.4, -0.2) is 38.9 Å². The summed E-state index contributed by atoms with van der Waals surface area (Å²) in [4.78, 5) is 0. The Morgan fingerprint density at radius 1 is 1.20 bits per heavy atom. The minimum Gasteiger partial charge on any atom is -0.379 e. The molecule has 0 bridgehead atoms. The van der Waals surface area contributed by atoms with E-state index in [9.17, 15) is 0 Å². The maximum atomic E-state index is 5.34. The summed E-state index contributed by atoms with van der Waals surface area (Å²) in [7, 11) is 0. The summed E-state index contributed by atoms with van der Waals surface area (Å²) in [5, 5.41) is 6.83. The first kappa shape index (κ1) is 6.58. The molecule has 0 aromatic carbocycles. The predicted molar refractivity (Wildman–Crippen MR) is 39.0 cm³/mol. The minimum absolute atomic E-state index is 0.620. The van der Waals surface area contributed by atoms with Crippen LogP contribution in [0.5, 0.6) is 0 Å². The van der Waals surface area contributed by atoms with E-state index in [-0.39, 0.29) is 0 Å². The molecular formula is C7H14N2O. The van der Waals surface area contributed by atoms with Crippen LogP contribution in [0.25, 0.3) is 0 Å². The molecule has 0 aliphatic carbocycles. The zero-order valence-corrected chi connectivity index (χ0v) is 6.10. The molecule has 0 amide bonds. The van der Waals surface area contributed by atoms with Crippen molar-refractivity contribution in [2.45, 2.75) is 6.04 Å². The summed E-state index contributed by atoms with van der Waals surface area (Å²) >= 11 is 0. The third-order valence-corrected chi connectivity index (χ3v) is 2.31. The van der Waals surface area contributed by atoms with Gasteiger partial charge in [0.2, 0.25) is 0 Å². The van der Waals surface area contributed by atoms with Gasteiger partial charge in [0.15, 0.2) is 0 Å². The number of fused-ring (bicyclic) bond motifs is 1. The lowest BCUT2D eigenvalue weighted by Crippen LogP contribution is -2.35.